The Labute approximate surface area is 113 Å². The Morgan fingerprint density at radius 2 is 1.67 bits per heavy atom. The Kier molecular flexibility index (Phi) is 4.71. The smallest absolute Gasteiger partial charge is 0.0613 e. The van der Waals surface area contributed by atoms with E-state index in [-0.39, 0.29) is 5.54 Å². The van der Waals surface area contributed by atoms with Crippen LogP contribution in [-0.2, 0) is 0 Å². The average molecular weight is 253 g/mol. The first-order valence-corrected chi connectivity index (χ1v) is 7.94. The molecule has 0 bridgehead atoms. The van der Waals surface area contributed by atoms with E-state index >= 15 is 0 Å². The predicted octanol–water partition coefficient (Wildman–Crippen LogP) is 3.63. The number of aliphatic hydroxyl groups excluding tert-OH is 1. The Morgan fingerprint density at radius 3 is 2.33 bits per heavy atom. The van der Waals surface area contributed by atoms with Crippen LogP contribution in [0.1, 0.15) is 78.1 Å². The second-order valence-electron chi connectivity index (χ2n) is 7.44. The first kappa shape index (κ1) is 14.3. The zero-order chi connectivity index (χ0) is 13.1. The first-order valence-electron chi connectivity index (χ1n) is 7.94. The van der Waals surface area contributed by atoms with Crippen LogP contribution in [0.4, 0.5) is 0 Å². The van der Waals surface area contributed by atoms with E-state index in [9.17, 15) is 5.11 Å². The summed E-state index contributed by atoms with van der Waals surface area (Å²) in [5.41, 5.74) is 0.487. The first-order chi connectivity index (χ1) is 8.55. The molecular formula is C16H31NO. The van der Waals surface area contributed by atoms with E-state index in [4.69, 9.17) is 0 Å². The Morgan fingerprint density at radius 1 is 0.944 bits per heavy atom. The van der Waals surface area contributed by atoms with Gasteiger partial charge in [0.25, 0.3) is 0 Å². The lowest BCUT2D eigenvalue weighted by Gasteiger charge is -2.38. The molecule has 2 rings (SSSR count). The van der Waals surface area contributed by atoms with E-state index in [2.05, 4.69) is 19.2 Å². The molecular weight excluding hydrogens is 222 g/mol. The fourth-order valence-electron chi connectivity index (χ4n) is 3.76. The van der Waals surface area contributed by atoms with E-state index in [1.807, 2.05) is 0 Å². The van der Waals surface area contributed by atoms with Gasteiger partial charge in [-0.25, -0.2) is 0 Å². The van der Waals surface area contributed by atoms with E-state index in [1.54, 1.807) is 0 Å². The molecule has 0 aromatic rings. The minimum atomic E-state index is 0.0236. The zero-order valence-corrected chi connectivity index (χ0v) is 12.3. The van der Waals surface area contributed by atoms with Crippen LogP contribution >= 0.6 is 0 Å². The lowest BCUT2D eigenvalue weighted by atomic mass is 9.83. The van der Waals surface area contributed by atoms with Gasteiger partial charge in [-0.2, -0.15) is 0 Å². The molecule has 0 spiro atoms. The van der Waals surface area contributed by atoms with Crippen LogP contribution in [0.3, 0.4) is 0 Å². The minimum Gasteiger partial charge on any atom is -0.394 e. The van der Waals surface area contributed by atoms with Crippen molar-refractivity contribution in [1.29, 1.82) is 0 Å². The number of rotatable bonds is 3. The van der Waals surface area contributed by atoms with Crippen molar-refractivity contribution in [1.82, 2.24) is 5.32 Å². The lowest BCUT2D eigenvalue weighted by Crippen LogP contribution is -2.53. The van der Waals surface area contributed by atoms with E-state index in [0.717, 1.165) is 12.8 Å². The van der Waals surface area contributed by atoms with Crippen LogP contribution < -0.4 is 5.32 Å². The molecule has 106 valence electrons. The van der Waals surface area contributed by atoms with Crippen molar-refractivity contribution in [2.75, 3.05) is 6.61 Å². The average Bonchev–Trinajstić information content (AvgIpc) is 2.51. The van der Waals surface area contributed by atoms with Crippen molar-refractivity contribution in [3.05, 3.63) is 0 Å². The fraction of sp³-hybridized carbons (Fsp3) is 1.00. The zero-order valence-electron chi connectivity index (χ0n) is 12.3. The molecule has 2 N–H and O–H groups in total. The third-order valence-electron chi connectivity index (χ3n) is 5.21. The summed E-state index contributed by atoms with van der Waals surface area (Å²) in [5.74, 6) is 0. The summed E-state index contributed by atoms with van der Waals surface area (Å²) in [6.07, 6.45) is 12.9. The molecule has 2 aliphatic rings. The van der Waals surface area contributed by atoms with Crippen molar-refractivity contribution < 1.29 is 5.11 Å². The van der Waals surface area contributed by atoms with E-state index in [1.165, 1.54) is 51.4 Å². The van der Waals surface area contributed by atoms with Gasteiger partial charge in [-0.05, 0) is 43.9 Å². The molecule has 2 heteroatoms. The molecule has 0 aromatic heterocycles. The highest BCUT2D eigenvalue weighted by atomic mass is 16.3. The molecule has 1 atom stereocenters. The highest BCUT2D eigenvalue weighted by Crippen LogP contribution is 2.38. The summed E-state index contributed by atoms with van der Waals surface area (Å²) in [6, 6.07) is 0.659. The topological polar surface area (TPSA) is 32.3 Å². The predicted molar refractivity (Wildman–Crippen MR) is 76.7 cm³/mol. The molecule has 0 aromatic carbocycles. The van der Waals surface area contributed by atoms with Crippen molar-refractivity contribution in [3.8, 4) is 0 Å². The van der Waals surface area contributed by atoms with Gasteiger partial charge in [0.05, 0.1) is 6.61 Å². The van der Waals surface area contributed by atoms with Crippen molar-refractivity contribution in [3.63, 3.8) is 0 Å². The van der Waals surface area contributed by atoms with Gasteiger partial charge in [0.1, 0.15) is 0 Å². The van der Waals surface area contributed by atoms with Gasteiger partial charge < -0.3 is 10.4 Å². The molecule has 0 heterocycles. The van der Waals surface area contributed by atoms with Crippen LogP contribution in [0, 0.1) is 5.41 Å². The van der Waals surface area contributed by atoms with Crippen LogP contribution in [0.25, 0.3) is 0 Å². The SMILES string of the molecule is CC1(C)CCCC(CO)(NC2CCCCC2)CC1. The molecule has 1 unspecified atom stereocenters. The molecule has 2 aliphatic carbocycles. The summed E-state index contributed by atoms with van der Waals surface area (Å²) in [6.45, 7) is 5.07. The third kappa shape index (κ3) is 3.71. The summed E-state index contributed by atoms with van der Waals surface area (Å²) >= 11 is 0. The van der Waals surface area contributed by atoms with Gasteiger partial charge in [0.2, 0.25) is 0 Å². The number of aliphatic hydroxyl groups is 1. The normalized spacial score (nSPS) is 34.2. The fourth-order valence-corrected chi connectivity index (χ4v) is 3.76. The van der Waals surface area contributed by atoms with Gasteiger partial charge in [-0.15, -0.1) is 0 Å². The Balaban J connectivity index is 1.96. The van der Waals surface area contributed by atoms with Crippen molar-refractivity contribution in [2.24, 2.45) is 5.41 Å². The number of hydrogen-bond donors (Lipinski definition) is 2. The molecule has 2 saturated carbocycles. The quantitative estimate of drug-likeness (QED) is 0.753. The Hall–Kier alpha value is -0.0800. The molecule has 0 radical (unpaired) electrons. The van der Waals surface area contributed by atoms with E-state index in [0.29, 0.717) is 18.1 Å². The second kappa shape index (κ2) is 5.92. The summed E-state index contributed by atoms with van der Waals surface area (Å²) in [4.78, 5) is 0. The molecule has 18 heavy (non-hydrogen) atoms. The standard InChI is InChI=1S/C16H31NO/c1-15(2)9-6-10-16(13-18,12-11-15)17-14-7-4-3-5-8-14/h14,17-18H,3-13H2,1-2H3. The second-order valence-corrected chi connectivity index (χ2v) is 7.44. The highest BCUT2D eigenvalue weighted by Gasteiger charge is 2.36. The maximum Gasteiger partial charge on any atom is 0.0613 e. The van der Waals surface area contributed by atoms with Crippen molar-refractivity contribution in [2.45, 2.75) is 89.6 Å². The molecule has 2 fully saturated rings. The van der Waals surface area contributed by atoms with E-state index < -0.39 is 0 Å². The van der Waals surface area contributed by atoms with Gasteiger partial charge in [-0.1, -0.05) is 39.5 Å². The summed E-state index contributed by atoms with van der Waals surface area (Å²) < 4.78 is 0. The highest BCUT2D eigenvalue weighted by molar-refractivity contribution is 4.95. The van der Waals surface area contributed by atoms with Crippen LogP contribution in [0.15, 0.2) is 0 Å². The van der Waals surface area contributed by atoms with Gasteiger partial charge >= 0.3 is 0 Å². The van der Waals surface area contributed by atoms with Crippen LogP contribution in [-0.4, -0.2) is 23.3 Å². The summed E-state index contributed by atoms with van der Waals surface area (Å²) in [5, 5.41) is 13.8. The maximum absolute atomic E-state index is 9.90. The maximum atomic E-state index is 9.90. The monoisotopic (exact) mass is 253 g/mol. The van der Waals surface area contributed by atoms with Gasteiger partial charge in [0, 0.05) is 11.6 Å². The van der Waals surface area contributed by atoms with Crippen LogP contribution in [0.2, 0.25) is 0 Å². The minimum absolute atomic E-state index is 0.0236. The largest absolute Gasteiger partial charge is 0.394 e. The molecule has 2 nitrogen and oxygen atoms in total. The van der Waals surface area contributed by atoms with Crippen LogP contribution in [0.5, 0.6) is 0 Å². The molecule has 0 amide bonds. The van der Waals surface area contributed by atoms with Crippen molar-refractivity contribution >= 4 is 0 Å². The van der Waals surface area contributed by atoms with Gasteiger partial charge in [0.15, 0.2) is 0 Å². The third-order valence-corrected chi connectivity index (χ3v) is 5.21. The summed E-state index contributed by atoms with van der Waals surface area (Å²) in [7, 11) is 0. The number of nitrogens with one attached hydrogen (secondary N) is 1. The molecule has 0 saturated heterocycles. The Bertz CT molecular complexity index is 258. The number of hydrogen-bond acceptors (Lipinski definition) is 2. The van der Waals surface area contributed by atoms with Gasteiger partial charge in [-0.3, -0.25) is 0 Å². The lowest BCUT2D eigenvalue weighted by molar-refractivity contribution is 0.119. The molecule has 0 aliphatic heterocycles.